The number of amides is 1. The van der Waals surface area contributed by atoms with Gasteiger partial charge in [-0.2, -0.15) is 5.10 Å². The standard InChI is InChI=1S/C21H26N4O2S/c1-14-7-6-8-15(2)18(14)25(19(22)28)23-13-16-9-11-17(12-10-16)24-20(26)27-21(3,4)5/h6-13H,1-5H3,(H2,22,28)(H,24,26). The van der Waals surface area contributed by atoms with Crippen LogP contribution in [-0.2, 0) is 4.74 Å². The maximum Gasteiger partial charge on any atom is 0.412 e. The SMILES string of the molecule is Cc1cccc(C)c1N(N=Cc1ccc(NC(=O)OC(C)(C)C)cc1)C(N)=S. The topological polar surface area (TPSA) is 80.0 Å². The number of aryl methyl sites for hydroxylation is 2. The van der Waals surface area contributed by atoms with Crippen LogP contribution < -0.4 is 16.1 Å². The minimum absolute atomic E-state index is 0.164. The van der Waals surface area contributed by atoms with Crippen LogP contribution in [-0.4, -0.2) is 23.0 Å². The minimum atomic E-state index is -0.547. The van der Waals surface area contributed by atoms with Crippen LogP contribution in [0.1, 0.15) is 37.5 Å². The van der Waals surface area contributed by atoms with Crippen molar-refractivity contribution in [2.75, 3.05) is 10.3 Å². The quantitative estimate of drug-likeness (QED) is 0.442. The molecule has 0 saturated heterocycles. The molecule has 0 fully saturated rings. The number of hydrazone groups is 1. The van der Waals surface area contributed by atoms with Crippen LogP contribution in [0.4, 0.5) is 16.2 Å². The lowest BCUT2D eigenvalue weighted by atomic mass is 10.1. The van der Waals surface area contributed by atoms with Gasteiger partial charge in [-0.1, -0.05) is 30.3 Å². The number of ether oxygens (including phenoxy) is 1. The van der Waals surface area contributed by atoms with Crippen LogP contribution in [0.2, 0.25) is 0 Å². The van der Waals surface area contributed by atoms with E-state index in [1.54, 1.807) is 23.4 Å². The first-order chi connectivity index (χ1) is 13.1. The summed E-state index contributed by atoms with van der Waals surface area (Å²) in [4.78, 5) is 11.8. The predicted octanol–water partition coefficient (Wildman–Crippen LogP) is 4.73. The van der Waals surface area contributed by atoms with E-state index in [2.05, 4.69) is 10.4 Å². The summed E-state index contributed by atoms with van der Waals surface area (Å²) in [6.07, 6.45) is 1.17. The summed E-state index contributed by atoms with van der Waals surface area (Å²) in [6, 6.07) is 13.2. The lowest BCUT2D eigenvalue weighted by Gasteiger charge is -2.21. The van der Waals surface area contributed by atoms with Gasteiger partial charge in [0.1, 0.15) is 5.60 Å². The van der Waals surface area contributed by atoms with Crippen molar-refractivity contribution in [3.8, 4) is 0 Å². The second-order valence-electron chi connectivity index (χ2n) is 7.38. The molecule has 2 aromatic rings. The Bertz CT molecular complexity index is 866. The molecule has 0 spiro atoms. The Morgan fingerprint density at radius 1 is 1.14 bits per heavy atom. The Morgan fingerprint density at radius 3 is 2.21 bits per heavy atom. The van der Waals surface area contributed by atoms with Crippen LogP contribution >= 0.6 is 12.2 Å². The first-order valence-corrected chi connectivity index (χ1v) is 9.27. The van der Waals surface area contributed by atoms with Crippen molar-refractivity contribution >= 4 is 41.0 Å². The molecule has 148 valence electrons. The zero-order valence-electron chi connectivity index (χ0n) is 16.8. The maximum atomic E-state index is 11.8. The van der Waals surface area contributed by atoms with Gasteiger partial charge in [0.25, 0.3) is 0 Å². The molecule has 0 aliphatic heterocycles. The molecule has 1 amide bonds. The molecule has 28 heavy (non-hydrogen) atoms. The Kier molecular flexibility index (Phi) is 6.75. The molecule has 0 aliphatic rings. The Morgan fingerprint density at radius 2 is 1.71 bits per heavy atom. The Labute approximate surface area is 171 Å². The molecule has 7 heteroatoms. The van der Waals surface area contributed by atoms with Crippen molar-refractivity contribution in [2.45, 2.75) is 40.2 Å². The highest BCUT2D eigenvalue weighted by Crippen LogP contribution is 2.25. The van der Waals surface area contributed by atoms with Gasteiger partial charge < -0.3 is 10.5 Å². The molecule has 0 radical (unpaired) electrons. The van der Waals surface area contributed by atoms with E-state index in [9.17, 15) is 4.79 Å². The first-order valence-electron chi connectivity index (χ1n) is 8.86. The van der Waals surface area contributed by atoms with Gasteiger partial charge in [0.05, 0.1) is 11.9 Å². The molecule has 0 aromatic heterocycles. The smallest absolute Gasteiger partial charge is 0.412 e. The Hall–Kier alpha value is -2.93. The van der Waals surface area contributed by atoms with Gasteiger partial charge in [-0.25, -0.2) is 9.80 Å². The van der Waals surface area contributed by atoms with Gasteiger partial charge in [0, 0.05) is 5.69 Å². The van der Waals surface area contributed by atoms with Gasteiger partial charge in [-0.05, 0) is 75.7 Å². The molecule has 0 saturated carbocycles. The minimum Gasteiger partial charge on any atom is -0.444 e. The maximum absolute atomic E-state index is 11.8. The normalized spacial score (nSPS) is 11.3. The molecule has 3 N–H and O–H groups in total. The molecule has 0 unspecified atom stereocenters. The summed E-state index contributed by atoms with van der Waals surface area (Å²) in [5.41, 5.74) is 9.73. The van der Waals surface area contributed by atoms with E-state index in [0.717, 1.165) is 22.4 Å². The summed E-state index contributed by atoms with van der Waals surface area (Å²) in [7, 11) is 0. The highest BCUT2D eigenvalue weighted by atomic mass is 32.1. The molecule has 0 heterocycles. The molecule has 0 atom stereocenters. The zero-order chi connectivity index (χ0) is 20.9. The number of para-hydroxylation sites is 1. The fraction of sp³-hybridized carbons (Fsp3) is 0.286. The van der Waals surface area contributed by atoms with E-state index in [1.165, 1.54) is 0 Å². The van der Waals surface area contributed by atoms with E-state index in [0.29, 0.717) is 5.69 Å². The first kappa shape index (κ1) is 21.4. The average molecular weight is 399 g/mol. The van der Waals surface area contributed by atoms with Crippen molar-refractivity contribution in [3.05, 3.63) is 59.2 Å². The number of hydrogen-bond acceptors (Lipinski definition) is 4. The number of thiocarbonyl (C=S) groups is 1. The average Bonchev–Trinajstić information content (AvgIpc) is 2.56. The summed E-state index contributed by atoms with van der Waals surface area (Å²) < 4.78 is 5.24. The van der Waals surface area contributed by atoms with E-state index in [1.807, 2.05) is 65.0 Å². The van der Waals surface area contributed by atoms with E-state index < -0.39 is 11.7 Å². The van der Waals surface area contributed by atoms with Crippen LogP contribution in [0, 0.1) is 13.8 Å². The number of benzene rings is 2. The molecular weight excluding hydrogens is 372 g/mol. The number of nitrogens with zero attached hydrogens (tertiary/aromatic N) is 2. The lowest BCUT2D eigenvalue weighted by molar-refractivity contribution is 0.0636. The van der Waals surface area contributed by atoms with Crippen LogP contribution in [0.3, 0.4) is 0 Å². The van der Waals surface area contributed by atoms with Crippen molar-refractivity contribution in [2.24, 2.45) is 10.8 Å². The number of hydrogen-bond donors (Lipinski definition) is 2. The second kappa shape index (κ2) is 8.84. The van der Waals surface area contributed by atoms with Gasteiger partial charge in [0.2, 0.25) is 0 Å². The molecule has 2 rings (SSSR count). The van der Waals surface area contributed by atoms with E-state index in [-0.39, 0.29) is 5.11 Å². The Balaban J connectivity index is 2.14. The fourth-order valence-electron chi connectivity index (χ4n) is 2.56. The summed E-state index contributed by atoms with van der Waals surface area (Å²) in [6.45, 7) is 9.42. The lowest BCUT2D eigenvalue weighted by Crippen LogP contribution is -2.32. The number of anilines is 2. The van der Waals surface area contributed by atoms with Crippen molar-refractivity contribution in [1.29, 1.82) is 0 Å². The van der Waals surface area contributed by atoms with Crippen LogP contribution in [0.15, 0.2) is 47.6 Å². The third-order valence-electron chi connectivity index (χ3n) is 3.74. The number of nitrogens with one attached hydrogen (secondary N) is 1. The highest BCUT2D eigenvalue weighted by molar-refractivity contribution is 7.80. The van der Waals surface area contributed by atoms with Gasteiger partial charge >= 0.3 is 6.09 Å². The molecule has 0 bridgehead atoms. The van der Waals surface area contributed by atoms with E-state index in [4.69, 9.17) is 22.7 Å². The van der Waals surface area contributed by atoms with Crippen molar-refractivity contribution in [3.63, 3.8) is 0 Å². The largest absolute Gasteiger partial charge is 0.444 e. The number of carbonyl (C=O) groups is 1. The summed E-state index contributed by atoms with van der Waals surface area (Å²) in [5.74, 6) is 0. The fourth-order valence-corrected chi connectivity index (χ4v) is 2.70. The van der Waals surface area contributed by atoms with Gasteiger partial charge in [0.15, 0.2) is 5.11 Å². The summed E-state index contributed by atoms with van der Waals surface area (Å²) in [5, 5.41) is 8.86. The summed E-state index contributed by atoms with van der Waals surface area (Å²) >= 11 is 5.17. The van der Waals surface area contributed by atoms with Gasteiger partial charge in [-0.15, -0.1) is 0 Å². The molecule has 2 aromatic carbocycles. The molecular formula is C21H26N4O2S. The number of nitrogens with two attached hydrogens (primary N) is 1. The number of carbonyl (C=O) groups excluding carboxylic acids is 1. The predicted molar refractivity (Wildman–Crippen MR) is 119 cm³/mol. The van der Waals surface area contributed by atoms with Crippen LogP contribution in [0.25, 0.3) is 0 Å². The monoisotopic (exact) mass is 398 g/mol. The van der Waals surface area contributed by atoms with Crippen LogP contribution in [0.5, 0.6) is 0 Å². The second-order valence-corrected chi connectivity index (χ2v) is 7.80. The zero-order valence-corrected chi connectivity index (χ0v) is 17.6. The molecule has 0 aliphatic carbocycles. The van der Waals surface area contributed by atoms with E-state index >= 15 is 0 Å². The van der Waals surface area contributed by atoms with Crippen molar-refractivity contribution in [1.82, 2.24) is 0 Å². The van der Waals surface area contributed by atoms with Crippen molar-refractivity contribution < 1.29 is 9.53 Å². The number of rotatable bonds is 4. The van der Waals surface area contributed by atoms with Gasteiger partial charge in [-0.3, -0.25) is 5.32 Å². The third kappa shape index (κ3) is 6.06. The molecule has 6 nitrogen and oxygen atoms in total. The third-order valence-corrected chi connectivity index (χ3v) is 3.91. The highest BCUT2D eigenvalue weighted by Gasteiger charge is 2.16.